The van der Waals surface area contributed by atoms with Crippen molar-refractivity contribution in [1.29, 1.82) is 0 Å². The molecular formula is C9H16O3. The van der Waals surface area contributed by atoms with Gasteiger partial charge < -0.3 is 9.47 Å². The summed E-state index contributed by atoms with van der Waals surface area (Å²) in [6.07, 6.45) is 3.98. The number of esters is 1. The van der Waals surface area contributed by atoms with Crippen molar-refractivity contribution < 1.29 is 14.3 Å². The van der Waals surface area contributed by atoms with Crippen molar-refractivity contribution in [3.8, 4) is 0 Å². The standard InChI is InChI=1S/C9H16O3/c1-3-7-4-5-8(12-7)6-9(10)11-2/h7-8H,3-6H2,1-2H3/t7-,8-/m1/s1. The van der Waals surface area contributed by atoms with Crippen molar-refractivity contribution in [1.82, 2.24) is 0 Å². The van der Waals surface area contributed by atoms with Crippen molar-refractivity contribution >= 4 is 5.97 Å². The average Bonchev–Trinajstić information content (AvgIpc) is 2.52. The van der Waals surface area contributed by atoms with Gasteiger partial charge in [-0.25, -0.2) is 0 Å². The predicted molar refractivity (Wildman–Crippen MR) is 44.8 cm³/mol. The molecule has 1 heterocycles. The molecule has 0 radical (unpaired) electrons. The minimum Gasteiger partial charge on any atom is -0.469 e. The lowest BCUT2D eigenvalue weighted by Gasteiger charge is -2.10. The molecule has 3 heteroatoms. The summed E-state index contributed by atoms with van der Waals surface area (Å²) >= 11 is 0. The number of rotatable bonds is 3. The topological polar surface area (TPSA) is 35.5 Å². The van der Waals surface area contributed by atoms with Gasteiger partial charge in [-0.1, -0.05) is 6.92 Å². The van der Waals surface area contributed by atoms with Crippen LogP contribution in [-0.2, 0) is 14.3 Å². The van der Waals surface area contributed by atoms with E-state index in [4.69, 9.17) is 4.74 Å². The highest BCUT2D eigenvalue weighted by Gasteiger charge is 2.25. The summed E-state index contributed by atoms with van der Waals surface area (Å²) < 4.78 is 10.1. The Balaban J connectivity index is 2.23. The summed E-state index contributed by atoms with van der Waals surface area (Å²) in [5.74, 6) is -0.170. The van der Waals surface area contributed by atoms with Crippen LogP contribution >= 0.6 is 0 Å². The van der Waals surface area contributed by atoms with Crippen LogP contribution in [0.25, 0.3) is 0 Å². The molecule has 0 unspecified atom stereocenters. The normalized spacial score (nSPS) is 28.8. The van der Waals surface area contributed by atoms with Crippen LogP contribution in [0.1, 0.15) is 32.6 Å². The average molecular weight is 172 g/mol. The SMILES string of the molecule is CC[C@@H]1CC[C@H](CC(=O)OC)O1. The second kappa shape index (κ2) is 4.45. The number of hydrogen-bond donors (Lipinski definition) is 0. The Morgan fingerprint density at radius 3 is 2.67 bits per heavy atom. The van der Waals surface area contributed by atoms with Gasteiger partial charge >= 0.3 is 5.97 Å². The van der Waals surface area contributed by atoms with Gasteiger partial charge in [0, 0.05) is 0 Å². The Bertz CT molecular complexity index is 156. The fourth-order valence-corrected chi connectivity index (χ4v) is 1.50. The van der Waals surface area contributed by atoms with Gasteiger partial charge in [0.05, 0.1) is 25.7 Å². The zero-order chi connectivity index (χ0) is 8.97. The maximum atomic E-state index is 10.9. The molecule has 0 aromatic rings. The summed E-state index contributed by atoms with van der Waals surface area (Å²) in [4.78, 5) is 10.9. The van der Waals surface area contributed by atoms with Crippen LogP contribution in [0, 0.1) is 0 Å². The van der Waals surface area contributed by atoms with Crippen molar-refractivity contribution in [2.45, 2.75) is 44.8 Å². The van der Waals surface area contributed by atoms with Crippen LogP contribution in [0.5, 0.6) is 0 Å². The molecule has 0 aromatic carbocycles. The van der Waals surface area contributed by atoms with Crippen molar-refractivity contribution in [3.63, 3.8) is 0 Å². The molecule has 1 fully saturated rings. The molecule has 0 aromatic heterocycles. The molecule has 0 amide bonds. The first-order chi connectivity index (χ1) is 5.76. The first-order valence-corrected chi connectivity index (χ1v) is 4.48. The number of methoxy groups -OCH3 is 1. The van der Waals surface area contributed by atoms with Gasteiger partial charge in [-0.3, -0.25) is 4.79 Å². The Morgan fingerprint density at radius 2 is 2.17 bits per heavy atom. The highest BCUT2D eigenvalue weighted by atomic mass is 16.5. The molecule has 3 nitrogen and oxygen atoms in total. The minimum atomic E-state index is -0.170. The fraction of sp³-hybridized carbons (Fsp3) is 0.889. The molecule has 2 atom stereocenters. The Kier molecular flexibility index (Phi) is 3.53. The van der Waals surface area contributed by atoms with E-state index in [-0.39, 0.29) is 12.1 Å². The van der Waals surface area contributed by atoms with E-state index in [2.05, 4.69) is 11.7 Å². The number of hydrogen-bond acceptors (Lipinski definition) is 3. The van der Waals surface area contributed by atoms with E-state index in [1.54, 1.807) is 0 Å². The largest absolute Gasteiger partial charge is 0.469 e. The summed E-state index contributed by atoms with van der Waals surface area (Å²) in [7, 11) is 1.41. The van der Waals surface area contributed by atoms with Crippen molar-refractivity contribution in [2.75, 3.05) is 7.11 Å². The van der Waals surface area contributed by atoms with E-state index in [9.17, 15) is 4.79 Å². The van der Waals surface area contributed by atoms with Crippen LogP contribution in [0.15, 0.2) is 0 Å². The third kappa shape index (κ3) is 2.48. The van der Waals surface area contributed by atoms with E-state index in [0.717, 1.165) is 19.3 Å². The zero-order valence-corrected chi connectivity index (χ0v) is 7.71. The van der Waals surface area contributed by atoms with Crippen molar-refractivity contribution in [2.24, 2.45) is 0 Å². The first-order valence-electron chi connectivity index (χ1n) is 4.48. The highest BCUT2D eigenvalue weighted by molar-refractivity contribution is 5.69. The van der Waals surface area contributed by atoms with Gasteiger partial charge in [0.1, 0.15) is 0 Å². The summed E-state index contributed by atoms with van der Waals surface area (Å²) in [6.45, 7) is 2.10. The van der Waals surface area contributed by atoms with Gasteiger partial charge in [-0.05, 0) is 19.3 Å². The second-order valence-corrected chi connectivity index (χ2v) is 3.15. The van der Waals surface area contributed by atoms with Crippen LogP contribution in [0.2, 0.25) is 0 Å². The highest BCUT2D eigenvalue weighted by Crippen LogP contribution is 2.23. The lowest BCUT2D eigenvalue weighted by atomic mass is 10.1. The van der Waals surface area contributed by atoms with Crippen LogP contribution < -0.4 is 0 Å². The first kappa shape index (κ1) is 9.52. The number of carbonyl (C=O) groups excluding carboxylic acids is 1. The van der Waals surface area contributed by atoms with Gasteiger partial charge in [0.15, 0.2) is 0 Å². The smallest absolute Gasteiger partial charge is 0.308 e. The molecule has 0 spiro atoms. The second-order valence-electron chi connectivity index (χ2n) is 3.15. The van der Waals surface area contributed by atoms with Gasteiger partial charge in [0.2, 0.25) is 0 Å². The maximum absolute atomic E-state index is 10.9. The van der Waals surface area contributed by atoms with Gasteiger partial charge in [-0.15, -0.1) is 0 Å². The van der Waals surface area contributed by atoms with E-state index >= 15 is 0 Å². The van der Waals surface area contributed by atoms with Crippen molar-refractivity contribution in [3.05, 3.63) is 0 Å². The molecule has 0 bridgehead atoms. The minimum absolute atomic E-state index is 0.0994. The molecule has 0 saturated carbocycles. The van der Waals surface area contributed by atoms with E-state index < -0.39 is 0 Å². The van der Waals surface area contributed by atoms with E-state index in [1.807, 2.05) is 0 Å². The summed E-state index contributed by atoms with van der Waals surface area (Å²) in [5.41, 5.74) is 0. The van der Waals surface area contributed by atoms with E-state index in [1.165, 1.54) is 7.11 Å². The lowest BCUT2D eigenvalue weighted by molar-refractivity contribution is -0.143. The van der Waals surface area contributed by atoms with Gasteiger partial charge in [0.25, 0.3) is 0 Å². The molecule has 0 N–H and O–H groups in total. The Hall–Kier alpha value is -0.570. The quantitative estimate of drug-likeness (QED) is 0.605. The summed E-state index contributed by atoms with van der Waals surface area (Å²) in [5, 5.41) is 0. The monoisotopic (exact) mass is 172 g/mol. The predicted octanol–water partition coefficient (Wildman–Crippen LogP) is 1.51. The number of ether oxygens (including phenoxy) is 2. The van der Waals surface area contributed by atoms with Gasteiger partial charge in [-0.2, -0.15) is 0 Å². The third-order valence-corrected chi connectivity index (χ3v) is 2.27. The fourth-order valence-electron chi connectivity index (χ4n) is 1.50. The van der Waals surface area contributed by atoms with Crippen LogP contribution in [0.4, 0.5) is 0 Å². The van der Waals surface area contributed by atoms with Crippen LogP contribution in [0.3, 0.4) is 0 Å². The molecule has 70 valence electrons. The summed E-state index contributed by atoms with van der Waals surface area (Å²) in [6, 6.07) is 0. The third-order valence-electron chi connectivity index (χ3n) is 2.27. The molecule has 1 aliphatic rings. The lowest BCUT2D eigenvalue weighted by Crippen LogP contribution is -2.15. The molecule has 1 aliphatic heterocycles. The Labute approximate surface area is 73.0 Å². The molecular weight excluding hydrogens is 156 g/mol. The maximum Gasteiger partial charge on any atom is 0.308 e. The molecule has 1 rings (SSSR count). The molecule has 12 heavy (non-hydrogen) atoms. The van der Waals surface area contributed by atoms with E-state index in [0.29, 0.717) is 12.5 Å². The zero-order valence-electron chi connectivity index (χ0n) is 7.71. The number of carbonyl (C=O) groups is 1. The molecule has 1 saturated heterocycles. The molecule has 0 aliphatic carbocycles. The van der Waals surface area contributed by atoms with Crippen LogP contribution in [-0.4, -0.2) is 25.3 Å². The Morgan fingerprint density at radius 1 is 1.50 bits per heavy atom.